The summed E-state index contributed by atoms with van der Waals surface area (Å²) in [7, 11) is 0. The molecular weight excluding hydrogens is 235 g/mol. The summed E-state index contributed by atoms with van der Waals surface area (Å²) in [5.74, 6) is -4.57. The van der Waals surface area contributed by atoms with Gasteiger partial charge in [0.1, 0.15) is 5.82 Å². The van der Waals surface area contributed by atoms with Crippen LogP contribution in [0.5, 0.6) is 0 Å². The smallest absolute Gasteiger partial charge is 0.310 e. The third-order valence-corrected chi connectivity index (χ3v) is 2.29. The number of carbonyl (C=O) groups is 1. The molecule has 0 atom stereocenters. The average molecular weight is 247 g/mol. The van der Waals surface area contributed by atoms with E-state index >= 15 is 0 Å². The van der Waals surface area contributed by atoms with E-state index in [0.29, 0.717) is 6.07 Å². The highest BCUT2D eigenvalue weighted by Crippen LogP contribution is 2.22. The van der Waals surface area contributed by atoms with Gasteiger partial charge in [-0.25, -0.2) is 13.2 Å². The number of halogens is 3. The van der Waals surface area contributed by atoms with Gasteiger partial charge in [-0.1, -0.05) is 0 Å². The van der Waals surface area contributed by atoms with Crippen molar-refractivity contribution >= 4 is 11.7 Å². The molecule has 2 N–H and O–H groups in total. The molecule has 0 bridgehead atoms. The number of carboxylic acids is 1. The van der Waals surface area contributed by atoms with E-state index in [2.05, 4.69) is 5.32 Å². The normalized spacial score (nSPS) is 11.4. The second kappa shape index (κ2) is 4.65. The van der Waals surface area contributed by atoms with Gasteiger partial charge in [0.25, 0.3) is 0 Å². The number of benzene rings is 1. The zero-order chi connectivity index (χ0) is 13.2. The van der Waals surface area contributed by atoms with Crippen LogP contribution < -0.4 is 5.32 Å². The second-order valence-electron chi connectivity index (χ2n) is 4.29. The van der Waals surface area contributed by atoms with Crippen LogP contribution in [0.2, 0.25) is 0 Å². The first-order valence-corrected chi connectivity index (χ1v) is 4.86. The van der Waals surface area contributed by atoms with Crippen molar-refractivity contribution in [3.05, 3.63) is 29.6 Å². The van der Waals surface area contributed by atoms with Crippen LogP contribution in [0.15, 0.2) is 12.1 Å². The van der Waals surface area contributed by atoms with E-state index in [1.165, 1.54) is 13.8 Å². The molecule has 0 saturated carbocycles. The molecule has 1 aromatic carbocycles. The van der Waals surface area contributed by atoms with E-state index < -0.39 is 34.5 Å². The predicted octanol–water partition coefficient (Wildman–Crippen LogP) is 2.63. The van der Waals surface area contributed by atoms with Gasteiger partial charge in [-0.3, -0.25) is 4.79 Å². The van der Waals surface area contributed by atoms with Gasteiger partial charge in [0, 0.05) is 18.7 Å². The highest BCUT2D eigenvalue weighted by molar-refractivity contribution is 5.74. The quantitative estimate of drug-likeness (QED) is 0.804. The van der Waals surface area contributed by atoms with Crippen molar-refractivity contribution in [3.8, 4) is 0 Å². The molecule has 0 spiro atoms. The van der Waals surface area contributed by atoms with Crippen molar-refractivity contribution in [1.29, 1.82) is 0 Å². The topological polar surface area (TPSA) is 49.3 Å². The second-order valence-corrected chi connectivity index (χ2v) is 4.29. The highest BCUT2D eigenvalue weighted by atomic mass is 19.2. The minimum Gasteiger partial charge on any atom is -0.481 e. The van der Waals surface area contributed by atoms with Gasteiger partial charge in [-0.15, -0.1) is 0 Å². The monoisotopic (exact) mass is 247 g/mol. The van der Waals surface area contributed by atoms with Crippen LogP contribution in [-0.2, 0) is 4.79 Å². The Bertz CT molecular complexity index is 447. The Labute approximate surface area is 96.3 Å². The Balaban J connectivity index is 2.87. The van der Waals surface area contributed by atoms with Crippen molar-refractivity contribution in [2.24, 2.45) is 5.41 Å². The molecule has 6 heteroatoms. The third kappa shape index (κ3) is 3.12. The van der Waals surface area contributed by atoms with Crippen molar-refractivity contribution in [3.63, 3.8) is 0 Å². The minimum absolute atomic E-state index is 0.151. The van der Waals surface area contributed by atoms with E-state index in [1.807, 2.05) is 0 Å². The van der Waals surface area contributed by atoms with Gasteiger partial charge >= 0.3 is 5.97 Å². The standard InChI is InChI=1S/C11H12F3NO2/c1-11(2,10(16)17)5-15-8-4-6(12)3-7(13)9(8)14/h3-4,15H,5H2,1-2H3,(H,16,17). The van der Waals surface area contributed by atoms with E-state index in [0.717, 1.165) is 6.07 Å². The molecule has 0 fully saturated rings. The van der Waals surface area contributed by atoms with Crippen molar-refractivity contribution in [2.75, 3.05) is 11.9 Å². The number of hydrogen-bond donors (Lipinski definition) is 2. The maximum Gasteiger partial charge on any atom is 0.310 e. The van der Waals surface area contributed by atoms with Crippen LogP contribution in [0.1, 0.15) is 13.8 Å². The Hall–Kier alpha value is -1.72. The fourth-order valence-electron chi connectivity index (χ4n) is 1.08. The van der Waals surface area contributed by atoms with Crippen LogP contribution in [0.25, 0.3) is 0 Å². The summed E-state index contributed by atoms with van der Waals surface area (Å²) < 4.78 is 38.9. The minimum atomic E-state index is -1.32. The molecule has 1 aromatic rings. The molecule has 0 radical (unpaired) electrons. The zero-order valence-electron chi connectivity index (χ0n) is 9.35. The predicted molar refractivity (Wildman–Crippen MR) is 56.2 cm³/mol. The number of rotatable bonds is 4. The summed E-state index contributed by atoms with van der Waals surface area (Å²) in [6, 6.07) is 1.19. The Kier molecular flexibility index (Phi) is 3.65. The Morgan fingerprint density at radius 3 is 2.47 bits per heavy atom. The van der Waals surface area contributed by atoms with Crippen LogP contribution in [0.4, 0.5) is 18.9 Å². The van der Waals surface area contributed by atoms with E-state index in [4.69, 9.17) is 5.11 Å². The Morgan fingerprint density at radius 1 is 1.35 bits per heavy atom. The number of hydrogen-bond acceptors (Lipinski definition) is 2. The molecule has 3 nitrogen and oxygen atoms in total. The maximum absolute atomic E-state index is 13.2. The lowest BCUT2D eigenvalue weighted by molar-refractivity contribution is -0.146. The van der Waals surface area contributed by atoms with E-state index in [9.17, 15) is 18.0 Å². The van der Waals surface area contributed by atoms with E-state index in [1.54, 1.807) is 0 Å². The summed E-state index contributed by atoms with van der Waals surface area (Å²) in [4.78, 5) is 10.8. The van der Waals surface area contributed by atoms with Crippen molar-refractivity contribution in [2.45, 2.75) is 13.8 Å². The Morgan fingerprint density at radius 2 is 1.94 bits per heavy atom. The third-order valence-electron chi connectivity index (χ3n) is 2.29. The number of aliphatic carboxylic acids is 1. The van der Waals surface area contributed by atoms with Crippen LogP contribution in [0.3, 0.4) is 0 Å². The van der Waals surface area contributed by atoms with Crippen LogP contribution >= 0.6 is 0 Å². The molecule has 0 unspecified atom stereocenters. The fraction of sp³-hybridized carbons (Fsp3) is 0.364. The zero-order valence-corrected chi connectivity index (χ0v) is 9.35. The van der Waals surface area contributed by atoms with E-state index in [-0.39, 0.29) is 6.54 Å². The first kappa shape index (κ1) is 13.3. The molecule has 1 rings (SSSR count). The number of anilines is 1. The summed E-state index contributed by atoms with van der Waals surface area (Å²) in [5, 5.41) is 11.2. The number of nitrogens with one attached hydrogen (secondary N) is 1. The van der Waals surface area contributed by atoms with Gasteiger partial charge in [-0.2, -0.15) is 0 Å². The number of carboxylic acid groups (broad SMARTS) is 1. The molecular formula is C11H12F3NO2. The van der Waals surface area contributed by atoms with Crippen molar-refractivity contribution < 1.29 is 23.1 Å². The lowest BCUT2D eigenvalue weighted by Crippen LogP contribution is -2.32. The van der Waals surface area contributed by atoms with Gasteiger partial charge < -0.3 is 10.4 Å². The van der Waals surface area contributed by atoms with Crippen LogP contribution in [0, 0.1) is 22.9 Å². The van der Waals surface area contributed by atoms with Gasteiger partial charge in [0.15, 0.2) is 11.6 Å². The average Bonchev–Trinajstić information content (AvgIpc) is 2.21. The van der Waals surface area contributed by atoms with Gasteiger partial charge in [0.05, 0.1) is 11.1 Å². The summed E-state index contributed by atoms with van der Waals surface area (Å²) in [6.07, 6.45) is 0. The molecule has 0 heterocycles. The van der Waals surface area contributed by atoms with Crippen LogP contribution in [-0.4, -0.2) is 17.6 Å². The molecule has 0 aromatic heterocycles. The van der Waals surface area contributed by atoms with Gasteiger partial charge in [0.2, 0.25) is 0 Å². The molecule has 94 valence electrons. The highest BCUT2D eigenvalue weighted by Gasteiger charge is 2.27. The summed E-state index contributed by atoms with van der Waals surface area (Å²) in [5.41, 5.74) is -1.56. The molecule has 0 saturated heterocycles. The largest absolute Gasteiger partial charge is 0.481 e. The lowest BCUT2D eigenvalue weighted by atomic mass is 9.94. The first-order chi connectivity index (χ1) is 7.74. The lowest BCUT2D eigenvalue weighted by Gasteiger charge is -2.20. The molecule has 0 aliphatic carbocycles. The van der Waals surface area contributed by atoms with Gasteiger partial charge in [-0.05, 0) is 13.8 Å². The summed E-state index contributed by atoms with van der Waals surface area (Å²) >= 11 is 0. The SMILES string of the molecule is CC(C)(CNc1cc(F)cc(F)c1F)C(=O)O. The summed E-state index contributed by atoms with van der Waals surface area (Å²) in [6.45, 7) is 2.67. The fourth-order valence-corrected chi connectivity index (χ4v) is 1.08. The molecule has 17 heavy (non-hydrogen) atoms. The van der Waals surface area contributed by atoms with Crippen molar-refractivity contribution in [1.82, 2.24) is 0 Å². The maximum atomic E-state index is 13.2. The molecule has 0 aliphatic rings. The molecule has 0 aliphatic heterocycles. The molecule has 0 amide bonds. The first-order valence-electron chi connectivity index (χ1n) is 4.86.